The molecular formula is C18H18N2O3S. The number of hydrogen-bond donors (Lipinski definition) is 2. The van der Waals surface area contributed by atoms with Crippen molar-refractivity contribution < 1.29 is 14.3 Å². The summed E-state index contributed by atoms with van der Waals surface area (Å²) in [6.07, 6.45) is -0.172. The highest BCUT2D eigenvalue weighted by Gasteiger charge is 2.20. The molecule has 1 atom stereocenters. The van der Waals surface area contributed by atoms with Gasteiger partial charge in [-0.25, -0.2) is 0 Å². The Morgan fingerprint density at radius 1 is 1.17 bits per heavy atom. The summed E-state index contributed by atoms with van der Waals surface area (Å²) < 4.78 is 11.5. The summed E-state index contributed by atoms with van der Waals surface area (Å²) in [5, 5.41) is 5.92. The molecule has 0 aromatic heterocycles. The molecule has 5 nitrogen and oxygen atoms in total. The van der Waals surface area contributed by atoms with Crippen molar-refractivity contribution in [3.8, 4) is 11.5 Å². The molecule has 0 saturated heterocycles. The lowest BCUT2D eigenvalue weighted by molar-refractivity contribution is 0.0928. The van der Waals surface area contributed by atoms with E-state index >= 15 is 0 Å². The normalized spacial score (nSPS) is 15.5. The van der Waals surface area contributed by atoms with Crippen LogP contribution in [0.25, 0.3) is 0 Å². The van der Waals surface area contributed by atoms with E-state index in [1.165, 1.54) is 0 Å². The molecule has 6 heteroatoms. The summed E-state index contributed by atoms with van der Waals surface area (Å²) >= 11 is 5.16. The van der Waals surface area contributed by atoms with Crippen molar-refractivity contribution in [2.75, 3.05) is 13.2 Å². The first-order valence-electron chi connectivity index (χ1n) is 7.66. The quantitative estimate of drug-likeness (QED) is 0.839. The molecule has 0 aliphatic carbocycles. The summed E-state index contributed by atoms with van der Waals surface area (Å²) in [4.78, 5) is 12.1. The number of amides is 1. The van der Waals surface area contributed by atoms with E-state index in [1.807, 2.05) is 43.3 Å². The van der Waals surface area contributed by atoms with E-state index < -0.39 is 0 Å². The largest absolute Gasteiger partial charge is 0.486 e. The van der Waals surface area contributed by atoms with Crippen LogP contribution in [0.2, 0.25) is 0 Å². The lowest BCUT2D eigenvalue weighted by Crippen LogP contribution is -2.45. The molecule has 1 heterocycles. The van der Waals surface area contributed by atoms with Crippen LogP contribution in [0.3, 0.4) is 0 Å². The van der Waals surface area contributed by atoms with E-state index in [0.717, 1.165) is 11.3 Å². The molecule has 1 aliphatic rings. The molecule has 0 spiro atoms. The molecule has 0 unspecified atom stereocenters. The minimum atomic E-state index is -0.237. The number of ether oxygens (including phenoxy) is 2. The zero-order chi connectivity index (χ0) is 16.9. The highest BCUT2D eigenvalue weighted by Crippen LogP contribution is 2.30. The van der Waals surface area contributed by atoms with Crippen LogP contribution < -0.4 is 20.1 Å². The van der Waals surface area contributed by atoms with Gasteiger partial charge < -0.3 is 14.8 Å². The van der Waals surface area contributed by atoms with Crippen LogP contribution >= 0.6 is 12.2 Å². The molecule has 0 saturated carbocycles. The zero-order valence-corrected chi connectivity index (χ0v) is 14.1. The molecule has 0 fully saturated rings. The van der Waals surface area contributed by atoms with Crippen LogP contribution in [0.15, 0.2) is 48.5 Å². The van der Waals surface area contributed by atoms with Crippen molar-refractivity contribution in [3.63, 3.8) is 0 Å². The molecule has 2 aromatic rings. The number of fused-ring (bicyclic) bond motifs is 1. The Morgan fingerprint density at radius 3 is 2.62 bits per heavy atom. The maximum Gasteiger partial charge on any atom is 0.257 e. The molecule has 24 heavy (non-hydrogen) atoms. The smallest absolute Gasteiger partial charge is 0.257 e. The van der Waals surface area contributed by atoms with Crippen molar-refractivity contribution in [1.29, 1.82) is 0 Å². The van der Waals surface area contributed by atoms with E-state index in [1.54, 1.807) is 12.1 Å². The number of benzene rings is 2. The second-order valence-electron chi connectivity index (χ2n) is 5.53. The number of nitrogens with one attached hydrogen (secondary N) is 2. The number of thiocarbonyl (C=S) groups is 1. The Hall–Kier alpha value is -2.60. The SMILES string of the molecule is Cc1ccc(C(=O)NC(=S)NC[C@@H]2COc3ccccc3O2)cc1. The van der Waals surface area contributed by atoms with Gasteiger partial charge >= 0.3 is 0 Å². The fourth-order valence-corrected chi connectivity index (χ4v) is 2.47. The van der Waals surface area contributed by atoms with Gasteiger partial charge in [0.05, 0.1) is 6.54 Å². The topological polar surface area (TPSA) is 59.6 Å². The molecular weight excluding hydrogens is 324 g/mol. The van der Waals surface area contributed by atoms with Gasteiger partial charge in [-0.15, -0.1) is 0 Å². The van der Waals surface area contributed by atoms with Gasteiger partial charge in [0.25, 0.3) is 5.91 Å². The first-order valence-corrected chi connectivity index (χ1v) is 8.07. The number of para-hydroxylation sites is 2. The lowest BCUT2D eigenvalue weighted by atomic mass is 10.1. The Bertz CT molecular complexity index is 746. The molecule has 1 amide bonds. The lowest BCUT2D eigenvalue weighted by Gasteiger charge is -2.26. The van der Waals surface area contributed by atoms with Crippen molar-refractivity contribution >= 4 is 23.2 Å². The van der Waals surface area contributed by atoms with Crippen molar-refractivity contribution in [3.05, 3.63) is 59.7 Å². The Kier molecular flexibility index (Phi) is 4.96. The van der Waals surface area contributed by atoms with Gasteiger partial charge in [-0.2, -0.15) is 0 Å². The van der Waals surface area contributed by atoms with Crippen LogP contribution in [-0.4, -0.2) is 30.3 Å². The number of hydrogen-bond acceptors (Lipinski definition) is 4. The molecule has 2 aromatic carbocycles. The van der Waals surface area contributed by atoms with Gasteiger partial charge in [0.15, 0.2) is 16.6 Å². The molecule has 2 N–H and O–H groups in total. The Labute approximate surface area is 146 Å². The highest BCUT2D eigenvalue weighted by molar-refractivity contribution is 7.80. The van der Waals surface area contributed by atoms with Crippen molar-refractivity contribution in [2.24, 2.45) is 0 Å². The number of rotatable bonds is 3. The summed E-state index contributed by atoms with van der Waals surface area (Å²) in [6.45, 7) is 2.85. The maximum atomic E-state index is 12.1. The minimum absolute atomic E-state index is 0.172. The highest BCUT2D eigenvalue weighted by atomic mass is 32.1. The Balaban J connectivity index is 1.48. The summed E-state index contributed by atoms with van der Waals surface area (Å²) in [5.41, 5.74) is 1.66. The third-order valence-corrected chi connectivity index (χ3v) is 3.85. The van der Waals surface area contributed by atoms with Crippen LogP contribution in [0.4, 0.5) is 0 Å². The monoisotopic (exact) mass is 342 g/mol. The van der Waals surface area contributed by atoms with E-state index in [2.05, 4.69) is 10.6 Å². The summed E-state index contributed by atoms with van der Waals surface area (Å²) in [5.74, 6) is 1.22. The van der Waals surface area contributed by atoms with Gasteiger partial charge in [-0.3, -0.25) is 10.1 Å². The second kappa shape index (κ2) is 7.31. The van der Waals surface area contributed by atoms with Crippen molar-refractivity contribution in [2.45, 2.75) is 13.0 Å². The van der Waals surface area contributed by atoms with Gasteiger partial charge in [-0.1, -0.05) is 29.8 Å². The molecule has 0 bridgehead atoms. The number of carbonyl (C=O) groups excluding carboxylic acids is 1. The zero-order valence-electron chi connectivity index (χ0n) is 13.2. The van der Waals surface area contributed by atoms with E-state index in [0.29, 0.717) is 24.5 Å². The summed E-state index contributed by atoms with van der Waals surface area (Å²) in [7, 11) is 0. The second-order valence-corrected chi connectivity index (χ2v) is 5.94. The van der Waals surface area contributed by atoms with E-state index in [9.17, 15) is 4.79 Å². The van der Waals surface area contributed by atoms with E-state index in [4.69, 9.17) is 21.7 Å². The predicted molar refractivity (Wildman–Crippen MR) is 95.6 cm³/mol. The molecule has 0 radical (unpaired) electrons. The van der Waals surface area contributed by atoms with Gasteiger partial charge in [0, 0.05) is 5.56 Å². The Morgan fingerprint density at radius 2 is 1.88 bits per heavy atom. The van der Waals surface area contributed by atoms with Gasteiger partial charge in [-0.05, 0) is 43.4 Å². The van der Waals surface area contributed by atoms with Crippen LogP contribution in [-0.2, 0) is 0 Å². The standard InChI is InChI=1S/C18H18N2O3S/c1-12-6-8-13(9-7-12)17(21)20-18(24)19-10-14-11-22-15-4-2-3-5-16(15)23-14/h2-9,14H,10-11H2,1H3,(H2,19,20,21,24)/t14-/m1/s1. The molecule has 1 aliphatic heterocycles. The van der Waals surface area contributed by atoms with Crippen LogP contribution in [0.5, 0.6) is 11.5 Å². The first kappa shape index (κ1) is 16.3. The van der Waals surface area contributed by atoms with Crippen LogP contribution in [0.1, 0.15) is 15.9 Å². The van der Waals surface area contributed by atoms with E-state index in [-0.39, 0.29) is 17.1 Å². The first-order chi connectivity index (χ1) is 11.6. The predicted octanol–water partition coefficient (Wildman–Crippen LogP) is 2.44. The van der Waals surface area contributed by atoms with Crippen LogP contribution in [0, 0.1) is 6.92 Å². The third-order valence-electron chi connectivity index (χ3n) is 3.60. The minimum Gasteiger partial charge on any atom is -0.486 e. The maximum absolute atomic E-state index is 12.1. The average molecular weight is 342 g/mol. The van der Waals surface area contributed by atoms with Gasteiger partial charge in [0.1, 0.15) is 12.7 Å². The molecule has 3 rings (SSSR count). The number of aryl methyl sites for hydroxylation is 1. The average Bonchev–Trinajstić information content (AvgIpc) is 2.60. The fraction of sp³-hybridized carbons (Fsp3) is 0.222. The van der Waals surface area contributed by atoms with Crippen molar-refractivity contribution in [1.82, 2.24) is 10.6 Å². The van der Waals surface area contributed by atoms with Gasteiger partial charge in [0.2, 0.25) is 0 Å². The summed E-state index contributed by atoms with van der Waals surface area (Å²) in [6, 6.07) is 14.8. The molecule has 124 valence electrons. The third kappa shape index (κ3) is 4.02. The number of carbonyl (C=O) groups is 1. The fourth-order valence-electron chi connectivity index (χ4n) is 2.29.